The summed E-state index contributed by atoms with van der Waals surface area (Å²) in [6.45, 7) is 2.79. The minimum atomic E-state index is -0.537. The third-order valence-electron chi connectivity index (χ3n) is 4.23. The van der Waals surface area contributed by atoms with Gasteiger partial charge in [0.25, 0.3) is 5.69 Å². The molecule has 0 saturated carbocycles. The van der Waals surface area contributed by atoms with Gasteiger partial charge in [-0.05, 0) is 36.3 Å². The van der Waals surface area contributed by atoms with Crippen LogP contribution < -0.4 is 14.8 Å². The summed E-state index contributed by atoms with van der Waals surface area (Å²) in [7, 11) is 1.56. The molecule has 0 heterocycles. The Bertz CT molecular complexity index is 864. The first kappa shape index (κ1) is 21.9. The lowest BCUT2D eigenvalue weighted by molar-refractivity contribution is -0.383. The van der Waals surface area contributed by atoms with Gasteiger partial charge in [-0.1, -0.05) is 44.4 Å². The Kier molecular flexibility index (Phi) is 8.69. The number of anilines is 1. The van der Waals surface area contributed by atoms with Crippen LogP contribution in [-0.2, 0) is 4.79 Å². The van der Waals surface area contributed by atoms with E-state index in [-0.39, 0.29) is 11.4 Å². The van der Waals surface area contributed by atoms with Crippen LogP contribution in [0.1, 0.15) is 38.2 Å². The molecule has 0 aliphatic carbocycles. The van der Waals surface area contributed by atoms with Gasteiger partial charge in [0, 0.05) is 12.1 Å². The molecule has 29 heavy (non-hydrogen) atoms. The van der Waals surface area contributed by atoms with Crippen molar-refractivity contribution in [2.24, 2.45) is 0 Å². The fraction of sp³-hybridized carbons (Fsp3) is 0.318. The van der Waals surface area contributed by atoms with E-state index in [1.54, 1.807) is 37.5 Å². The van der Waals surface area contributed by atoms with Gasteiger partial charge in [0.15, 0.2) is 11.5 Å². The highest BCUT2D eigenvalue weighted by atomic mass is 16.6. The van der Waals surface area contributed by atoms with Gasteiger partial charge in [-0.3, -0.25) is 14.9 Å². The molecule has 7 heteroatoms. The monoisotopic (exact) mass is 398 g/mol. The highest BCUT2D eigenvalue weighted by molar-refractivity contribution is 6.03. The number of hydrogen-bond acceptors (Lipinski definition) is 5. The van der Waals surface area contributed by atoms with Crippen molar-refractivity contribution in [2.75, 3.05) is 19.0 Å². The molecule has 154 valence electrons. The van der Waals surface area contributed by atoms with Crippen molar-refractivity contribution in [1.82, 2.24) is 0 Å². The number of unbranched alkanes of at least 4 members (excludes halogenated alkanes) is 3. The summed E-state index contributed by atoms with van der Waals surface area (Å²) in [5.41, 5.74) is 0.741. The SMILES string of the molecule is CCCCCCOc1ccc(/C=C/C(=O)Nc2ccccc2[N+](=O)[O-])cc1OC. The van der Waals surface area contributed by atoms with Crippen LogP contribution in [0.25, 0.3) is 6.08 Å². The maximum absolute atomic E-state index is 12.1. The van der Waals surface area contributed by atoms with Crippen LogP contribution in [0.3, 0.4) is 0 Å². The molecule has 0 atom stereocenters. The number of hydrogen-bond donors (Lipinski definition) is 1. The highest BCUT2D eigenvalue weighted by Crippen LogP contribution is 2.29. The van der Waals surface area contributed by atoms with Crippen molar-refractivity contribution < 1.29 is 19.2 Å². The average molecular weight is 398 g/mol. The van der Waals surface area contributed by atoms with Crippen molar-refractivity contribution >= 4 is 23.4 Å². The first-order chi connectivity index (χ1) is 14.0. The van der Waals surface area contributed by atoms with Gasteiger partial charge in [0.1, 0.15) is 5.69 Å². The molecule has 0 aliphatic heterocycles. The molecular formula is C22H26N2O5. The fourth-order valence-corrected chi connectivity index (χ4v) is 2.70. The first-order valence-corrected chi connectivity index (χ1v) is 9.58. The molecule has 7 nitrogen and oxygen atoms in total. The number of nitro benzene ring substituents is 1. The Morgan fingerprint density at radius 1 is 1.14 bits per heavy atom. The average Bonchev–Trinajstić information content (AvgIpc) is 2.72. The predicted molar refractivity (Wildman–Crippen MR) is 113 cm³/mol. The normalized spacial score (nSPS) is 10.7. The number of nitro groups is 1. The van der Waals surface area contributed by atoms with E-state index in [4.69, 9.17) is 9.47 Å². The summed E-state index contributed by atoms with van der Waals surface area (Å²) in [4.78, 5) is 22.6. The number of carbonyl (C=O) groups excluding carboxylic acids is 1. The van der Waals surface area contributed by atoms with Crippen LogP contribution in [0.4, 0.5) is 11.4 Å². The number of nitrogens with one attached hydrogen (secondary N) is 1. The maximum Gasteiger partial charge on any atom is 0.292 e. The molecule has 0 aliphatic rings. The van der Waals surface area contributed by atoms with Crippen molar-refractivity contribution in [2.45, 2.75) is 32.6 Å². The summed E-state index contributed by atoms with van der Waals surface area (Å²) in [5.74, 6) is 0.779. The largest absolute Gasteiger partial charge is 0.493 e. The molecule has 0 saturated heterocycles. The van der Waals surface area contributed by atoms with E-state index >= 15 is 0 Å². The predicted octanol–water partition coefficient (Wildman–Crippen LogP) is 5.21. The Morgan fingerprint density at radius 2 is 1.93 bits per heavy atom. The summed E-state index contributed by atoms with van der Waals surface area (Å²) in [6, 6.07) is 11.4. The molecular weight excluding hydrogens is 372 g/mol. The second-order valence-corrected chi connectivity index (χ2v) is 6.42. The van der Waals surface area contributed by atoms with Crippen molar-refractivity contribution in [3.8, 4) is 11.5 Å². The van der Waals surface area contributed by atoms with E-state index in [1.807, 2.05) is 6.07 Å². The zero-order chi connectivity index (χ0) is 21.1. The smallest absolute Gasteiger partial charge is 0.292 e. The maximum atomic E-state index is 12.1. The van der Waals surface area contributed by atoms with Gasteiger partial charge in [-0.15, -0.1) is 0 Å². The molecule has 0 radical (unpaired) electrons. The Hall–Kier alpha value is -3.35. The molecule has 0 bridgehead atoms. The number of ether oxygens (including phenoxy) is 2. The third-order valence-corrected chi connectivity index (χ3v) is 4.23. The van der Waals surface area contributed by atoms with Crippen LogP contribution in [0.2, 0.25) is 0 Å². The molecule has 0 unspecified atom stereocenters. The van der Waals surface area contributed by atoms with Crippen LogP contribution in [-0.4, -0.2) is 24.5 Å². The Morgan fingerprint density at radius 3 is 2.66 bits per heavy atom. The second-order valence-electron chi connectivity index (χ2n) is 6.42. The van der Waals surface area contributed by atoms with Crippen molar-refractivity contribution in [1.29, 1.82) is 0 Å². The number of benzene rings is 2. The second kappa shape index (κ2) is 11.5. The van der Waals surface area contributed by atoms with E-state index in [2.05, 4.69) is 12.2 Å². The van der Waals surface area contributed by atoms with Crippen LogP contribution in [0, 0.1) is 10.1 Å². The van der Waals surface area contributed by atoms with Crippen LogP contribution in [0.15, 0.2) is 48.5 Å². The quantitative estimate of drug-likeness (QED) is 0.243. The molecule has 1 N–H and O–H groups in total. The summed E-state index contributed by atoms with van der Waals surface area (Å²) in [5, 5.41) is 13.5. The minimum Gasteiger partial charge on any atom is -0.493 e. The van der Waals surface area contributed by atoms with Gasteiger partial charge < -0.3 is 14.8 Å². The van der Waals surface area contributed by atoms with E-state index in [0.717, 1.165) is 18.4 Å². The lowest BCUT2D eigenvalue weighted by atomic mass is 10.2. The lowest BCUT2D eigenvalue weighted by Crippen LogP contribution is -2.09. The number of para-hydroxylation sites is 2. The van der Waals surface area contributed by atoms with Gasteiger partial charge in [-0.25, -0.2) is 0 Å². The van der Waals surface area contributed by atoms with Gasteiger partial charge in [-0.2, -0.15) is 0 Å². The van der Waals surface area contributed by atoms with Gasteiger partial charge in [0.05, 0.1) is 18.6 Å². The van der Waals surface area contributed by atoms with Crippen molar-refractivity contribution in [3.63, 3.8) is 0 Å². The van der Waals surface area contributed by atoms with Gasteiger partial charge in [0.2, 0.25) is 5.91 Å². The summed E-state index contributed by atoms with van der Waals surface area (Å²) in [6.07, 6.45) is 7.42. The molecule has 0 fully saturated rings. The van der Waals surface area contributed by atoms with Crippen molar-refractivity contribution in [3.05, 3.63) is 64.2 Å². The summed E-state index contributed by atoms with van der Waals surface area (Å²) < 4.78 is 11.2. The van der Waals surface area contributed by atoms with E-state index in [9.17, 15) is 14.9 Å². The Balaban J connectivity index is 1.99. The van der Waals surface area contributed by atoms with E-state index in [1.165, 1.54) is 31.1 Å². The number of amides is 1. The minimum absolute atomic E-state index is 0.150. The molecule has 0 spiro atoms. The molecule has 2 aromatic carbocycles. The van der Waals surface area contributed by atoms with E-state index < -0.39 is 10.8 Å². The molecule has 2 aromatic rings. The van der Waals surface area contributed by atoms with Gasteiger partial charge >= 0.3 is 0 Å². The van der Waals surface area contributed by atoms with Crippen LogP contribution in [0.5, 0.6) is 11.5 Å². The standard InChI is InChI=1S/C22H26N2O5/c1-3-4-5-8-15-29-20-13-11-17(16-21(20)28-2)12-14-22(25)23-18-9-6-7-10-19(18)24(26)27/h6-7,9-14,16H,3-5,8,15H2,1-2H3,(H,23,25)/b14-12+. The first-order valence-electron chi connectivity index (χ1n) is 9.58. The van der Waals surface area contributed by atoms with Crippen LogP contribution >= 0.6 is 0 Å². The zero-order valence-electron chi connectivity index (χ0n) is 16.7. The lowest BCUT2D eigenvalue weighted by Gasteiger charge is -2.11. The molecule has 1 amide bonds. The number of methoxy groups -OCH3 is 1. The summed E-state index contributed by atoms with van der Waals surface area (Å²) >= 11 is 0. The number of nitrogens with zero attached hydrogens (tertiary/aromatic N) is 1. The topological polar surface area (TPSA) is 90.7 Å². The number of carbonyl (C=O) groups is 1. The molecule has 2 rings (SSSR count). The number of rotatable bonds is 11. The third kappa shape index (κ3) is 6.95. The van der Waals surface area contributed by atoms with E-state index in [0.29, 0.717) is 18.1 Å². The molecule has 0 aromatic heterocycles. The Labute approximate surface area is 170 Å². The fourth-order valence-electron chi connectivity index (χ4n) is 2.70. The highest BCUT2D eigenvalue weighted by Gasteiger charge is 2.13. The zero-order valence-corrected chi connectivity index (χ0v) is 16.7.